The van der Waals surface area contributed by atoms with E-state index in [1.165, 1.54) is 0 Å². The van der Waals surface area contributed by atoms with Crippen molar-refractivity contribution in [2.75, 3.05) is 0 Å². The molecule has 0 fully saturated rings. The predicted octanol–water partition coefficient (Wildman–Crippen LogP) is 3.03. The third-order valence-corrected chi connectivity index (χ3v) is 3.94. The van der Waals surface area contributed by atoms with Gasteiger partial charge >= 0.3 is 0 Å². The summed E-state index contributed by atoms with van der Waals surface area (Å²) in [5.41, 5.74) is 1.75. The smallest absolute Gasteiger partial charge is 0.104 e. The second-order valence-corrected chi connectivity index (χ2v) is 5.21. The SMILES string of the molecule is Cc1nn(C)c(Sc2ccc(Cl)cc2)c1CO. The Labute approximate surface area is 109 Å². The lowest BCUT2D eigenvalue weighted by molar-refractivity contribution is 0.277. The van der Waals surface area contributed by atoms with Crippen LogP contribution in [0, 0.1) is 6.92 Å². The van der Waals surface area contributed by atoms with Crippen LogP contribution in [0.25, 0.3) is 0 Å². The first-order valence-electron chi connectivity index (χ1n) is 5.18. The molecule has 0 atom stereocenters. The second kappa shape index (κ2) is 5.12. The first-order valence-corrected chi connectivity index (χ1v) is 6.38. The van der Waals surface area contributed by atoms with E-state index in [2.05, 4.69) is 5.10 Å². The largest absolute Gasteiger partial charge is 0.392 e. The molecule has 0 bridgehead atoms. The fourth-order valence-corrected chi connectivity index (χ4v) is 2.73. The minimum absolute atomic E-state index is 0.00952. The zero-order valence-corrected chi connectivity index (χ0v) is 11.2. The molecule has 1 N–H and O–H groups in total. The zero-order valence-electron chi connectivity index (χ0n) is 9.64. The molecule has 0 aliphatic rings. The van der Waals surface area contributed by atoms with Gasteiger partial charge in [-0.25, -0.2) is 0 Å². The predicted molar refractivity (Wildman–Crippen MR) is 69.4 cm³/mol. The van der Waals surface area contributed by atoms with Crippen molar-refractivity contribution in [3.63, 3.8) is 0 Å². The van der Waals surface area contributed by atoms with Gasteiger partial charge in [0.1, 0.15) is 5.03 Å². The van der Waals surface area contributed by atoms with Gasteiger partial charge in [-0.2, -0.15) is 5.10 Å². The number of rotatable bonds is 3. The summed E-state index contributed by atoms with van der Waals surface area (Å²) in [6.07, 6.45) is 0. The van der Waals surface area contributed by atoms with Crippen LogP contribution < -0.4 is 0 Å². The molecular formula is C12H13ClN2OS. The normalized spacial score (nSPS) is 10.8. The second-order valence-electron chi connectivity index (χ2n) is 3.71. The lowest BCUT2D eigenvalue weighted by Crippen LogP contribution is -1.93. The fourth-order valence-electron chi connectivity index (χ4n) is 1.60. The first kappa shape index (κ1) is 12.5. The molecule has 90 valence electrons. The maximum atomic E-state index is 9.35. The minimum atomic E-state index is 0.00952. The molecule has 17 heavy (non-hydrogen) atoms. The van der Waals surface area contributed by atoms with E-state index in [0.29, 0.717) is 0 Å². The maximum absolute atomic E-state index is 9.35. The third kappa shape index (κ3) is 2.65. The molecule has 5 heteroatoms. The third-order valence-electron chi connectivity index (χ3n) is 2.48. The molecule has 0 radical (unpaired) electrons. The van der Waals surface area contributed by atoms with Gasteiger partial charge in [0.15, 0.2) is 0 Å². The van der Waals surface area contributed by atoms with Crippen LogP contribution in [0.15, 0.2) is 34.2 Å². The number of aliphatic hydroxyl groups is 1. The van der Waals surface area contributed by atoms with Crippen molar-refractivity contribution in [2.24, 2.45) is 7.05 Å². The number of aryl methyl sites for hydroxylation is 2. The summed E-state index contributed by atoms with van der Waals surface area (Å²) in [7, 11) is 1.88. The van der Waals surface area contributed by atoms with Crippen molar-refractivity contribution in [1.82, 2.24) is 9.78 Å². The van der Waals surface area contributed by atoms with Crippen molar-refractivity contribution >= 4 is 23.4 Å². The number of aromatic nitrogens is 2. The molecule has 2 rings (SSSR count). The highest BCUT2D eigenvalue weighted by molar-refractivity contribution is 7.99. The molecule has 2 aromatic rings. The van der Waals surface area contributed by atoms with E-state index in [1.807, 2.05) is 38.2 Å². The molecule has 0 aliphatic carbocycles. The van der Waals surface area contributed by atoms with Gasteiger partial charge in [0.05, 0.1) is 12.3 Å². The number of benzene rings is 1. The van der Waals surface area contributed by atoms with E-state index in [1.54, 1.807) is 16.4 Å². The molecule has 0 amide bonds. The van der Waals surface area contributed by atoms with Gasteiger partial charge in [0.25, 0.3) is 0 Å². The highest BCUT2D eigenvalue weighted by Crippen LogP contribution is 2.32. The van der Waals surface area contributed by atoms with Crippen molar-refractivity contribution in [1.29, 1.82) is 0 Å². The quantitative estimate of drug-likeness (QED) is 0.930. The van der Waals surface area contributed by atoms with Crippen LogP contribution >= 0.6 is 23.4 Å². The molecule has 0 spiro atoms. The fraction of sp³-hybridized carbons (Fsp3) is 0.250. The van der Waals surface area contributed by atoms with E-state index < -0.39 is 0 Å². The van der Waals surface area contributed by atoms with Crippen molar-refractivity contribution in [3.8, 4) is 0 Å². The molecule has 1 aromatic heterocycles. The van der Waals surface area contributed by atoms with Gasteiger partial charge in [0.2, 0.25) is 0 Å². The molecule has 0 saturated carbocycles. The molecular weight excluding hydrogens is 256 g/mol. The van der Waals surface area contributed by atoms with Crippen LogP contribution in [0.4, 0.5) is 0 Å². The Hall–Kier alpha value is -0.970. The van der Waals surface area contributed by atoms with Gasteiger partial charge in [-0.15, -0.1) is 0 Å². The molecule has 0 unspecified atom stereocenters. The van der Waals surface area contributed by atoms with Crippen LogP contribution in [0.3, 0.4) is 0 Å². The summed E-state index contributed by atoms with van der Waals surface area (Å²) < 4.78 is 1.79. The monoisotopic (exact) mass is 268 g/mol. The maximum Gasteiger partial charge on any atom is 0.104 e. The summed E-state index contributed by atoms with van der Waals surface area (Å²) in [5.74, 6) is 0. The average Bonchev–Trinajstić information content (AvgIpc) is 2.57. The van der Waals surface area contributed by atoms with E-state index in [0.717, 1.165) is 26.2 Å². The van der Waals surface area contributed by atoms with Crippen molar-refractivity contribution < 1.29 is 5.11 Å². The highest BCUT2D eigenvalue weighted by Gasteiger charge is 2.13. The Morgan fingerprint density at radius 1 is 1.35 bits per heavy atom. The van der Waals surface area contributed by atoms with Crippen LogP contribution in [0.5, 0.6) is 0 Å². The van der Waals surface area contributed by atoms with E-state index in [4.69, 9.17) is 11.6 Å². The molecule has 1 aromatic carbocycles. The Morgan fingerprint density at radius 3 is 2.59 bits per heavy atom. The zero-order chi connectivity index (χ0) is 12.4. The Kier molecular flexibility index (Phi) is 3.76. The van der Waals surface area contributed by atoms with Gasteiger partial charge < -0.3 is 5.11 Å². The van der Waals surface area contributed by atoms with E-state index in [9.17, 15) is 5.11 Å². The number of aliphatic hydroxyl groups excluding tert-OH is 1. The Bertz CT molecular complexity index is 522. The Balaban J connectivity index is 2.32. The highest BCUT2D eigenvalue weighted by atomic mass is 35.5. The van der Waals surface area contributed by atoms with E-state index >= 15 is 0 Å². The molecule has 1 heterocycles. The molecule has 0 saturated heterocycles. The Morgan fingerprint density at radius 2 is 2.00 bits per heavy atom. The summed E-state index contributed by atoms with van der Waals surface area (Å²) >= 11 is 7.42. The topological polar surface area (TPSA) is 38.0 Å². The summed E-state index contributed by atoms with van der Waals surface area (Å²) in [5, 5.41) is 15.3. The molecule has 0 aliphatic heterocycles. The van der Waals surface area contributed by atoms with Gasteiger partial charge in [-0.3, -0.25) is 4.68 Å². The lowest BCUT2D eigenvalue weighted by atomic mass is 10.3. The number of halogens is 1. The average molecular weight is 269 g/mol. The standard InChI is InChI=1S/C12H13ClN2OS/c1-8-11(7-16)12(15(2)14-8)17-10-5-3-9(13)4-6-10/h3-6,16H,7H2,1-2H3. The minimum Gasteiger partial charge on any atom is -0.392 e. The summed E-state index contributed by atoms with van der Waals surface area (Å²) in [6, 6.07) is 7.62. The van der Waals surface area contributed by atoms with Crippen LogP contribution in [0.1, 0.15) is 11.3 Å². The van der Waals surface area contributed by atoms with Gasteiger partial charge in [-0.1, -0.05) is 23.4 Å². The van der Waals surface area contributed by atoms with E-state index in [-0.39, 0.29) is 6.61 Å². The number of hydrogen-bond donors (Lipinski definition) is 1. The van der Waals surface area contributed by atoms with Gasteiger partial charge in [0, 0.05) is 22.5 Å². The number of hydrogen-bond acceptors (Lipinski definition) is 3. The van der Waals surface area contributed by atoms with Crippen molar-refractivity contribution in [2.45, 2.75) is 23.5 Å². The van der Waals surface area contributed by atoms with Crippen LogP contribution in [-0.4, -0.2) is 14.9 Å². The number of nitrogens with zero attached hydrogens (tertiary/aromatic N) is 2. The summed E-state index contributed by atoms with van der Waals surface area (Å²) in [6.45, 7) is 1.91. The van der Waals surface area contributed by atoms with Crippen molar-refractivity contribution in [3.05, 3.63) is 40.5 Å². The first-order chi connectivity index (χ1) is 8.11. The van der Waals surface area contributed by atoms with Gasteiger partial charge in [-0.05, 0) is 31.2 Å². The molecule has 3 nitrogen and oxygen atoms in total. The van der Waals surface area contributed by atoms with Crippen LogP contribution in [0.2, 0.25) is 5.02 Å². The lowest BCUT2D eigenvalue weighted by Gasteiger charge is -2.04. The summed E-state index contributed by atoms with van der Waals surface area (Å²) in [4.78, 5) is 1.08. The van der Waals surface area contributed by atoms with Crippen LogP contribution in [-0.2, 0) is 13.7 Å².